The van der Waals surface area contributed by atoms with Gasteiger partial charge in [0.05, 0.1) is 63.4 Å². The standard InChI is InChI=1S/C34H38N6O4/c1-23(2)35-12-13-40(28-15-29(42-3)18-30(16-28)43-4)27-10-11-31-32(17-27)38-33(20-36-31)26-19-37-39(22-26)21-25-8-6-24(7-9-25)14-34(41)44-5/h6-11,15-20,22-23,35H,12-14,21H2,1-5H3. The Morgan fingerprint density at radius 3 is 2.30 bits per heavy atom. The Morgan fingerprint density at radius 2 is 1.61 bits per heavy atom. The van der Waals surface area contributed by atoms with Gasteiger partial charge in [-0.1, -0.05) is 38.1 Å². The minimum absolute atomic E-state index is 0.255. The minimum atomic E-state index is -0.255. The Bertz CT molecular complexity index is 1700. The molecular weight excluding hydrogens is 556 g/mol. The molecule has 0 unspecified atom stereocenters. The van der Waals surface area contributed by atoms with Crippen LogP contribution in [0.2, 0.25) is 0 Å². The number of anilines is 2. The number of fused-ring (bicyclic) bond motifs is 1. The number of hydrogen-bond acceptors (Lipinski definition) is 9. The number of carbonyl (C=O) groups is 1. The number of hydrogen-bond donors (Lipinski definition) is 1. The molecule has 44 heavy (non-hydrogen) atoms. The van der Waals surface area contributed by atoms with E-state index >= 15 is 0 Å². The van der Waals surface area contributed by atoms with Crippen molar-refractivity contribution in [2.45, 2.75) is 32.9 Å². The first-order valence-electron chi connectivity index (χ1n) is 14.5. The lowest BCUT2D eigenvalue weighted by Gasteiger charge is -2.27. The minimum Gasteiger partial charge on any atom is -0.497 e. The van der Waals surface area contributed by atoms with Crippen molar-refractivity contribution in [3.05, 3.63) is 90.4 Å². The molecular formula is C34H38N6O4. The highest BCUT2D eigenvalue weighted by atomic mass is 16.5. The maximum atomic E-state index is 11.5. The monoisotopic (exact) mass is 594 g/mol. The summed E-state index contributed by atoms with van der Waals surface area (Å²) < 4.78 is 17.7. The Morgan fingerprint density at radius 1 is 0.886 bits per heavy atom. The molecule has 0 saturated carbocycles. The van der Waals surface area contributed by atoms with E-state index < -0.39 is 0 Å². The van der Waals surface area contributed by atoms with Crippen LogP contribution in [0.1, 0.15) is 25.0 Å². The summed E-state index contributed by atoms with van der Waals surface area (Å²) in [6.45, 7) is 6.37. The number of methoxy groups -OCH3 is 3. The van der Waals surface area contributed by atoms with Crippen molar-refractivity contribution in [1.29, 1.82) is 0 Å². The molecule has 3 aromatic carbocycles. The zero-order valence-electron chi connectivity index (χ0n) is 25.8. The van der Waals surface area contributed by atoms with E-state index in [-0.39, 0.29) is 12.4 Å². The van der Waals surface area contributed by atoms with Gasteiger partial charge in [-0.15, -0.1) is 0 Å². The first-order valence-corrected chi connectivity index (χ1v) is 14.5. The average Bonchev–Trinajstić information content (AvgIpc) is 3.51. The summed E-state index contributed by atoms with van der Waals surface area (Å²) in [7, 11) is 4.70. The molecule has 0 aliphatic rings. The molecule has 228 valence electrons. The SMILES string of the molecule is COC(=O)Cc1ccc(Cn2cc(-c3cnc4ccc(N(CCNC(C)C)c5cc(OC)cc(OC)c5)cc4n3)cn2)cc1. The smallest absolute Gasteiger partial charge is 0.309 e. The summed E-state index contributed by atoms with van der Waals surface area (Å²) in [5, 5.41) is 8.07. The first kappa shape index (κ1) is 30.5. The summed E-state index contributed by atoms with van der Waals surface area (Å²) in [6.07, 6.45) is 5.81. The normalized spacial score (nSPS) is 11.1. The van der Waals surface area contributed by atoms with Crippen LogP contribution in [0.15, 0.2) is 79.3 Å². The van der Waals surface area contributed by atoms with Crippen LogP contribution < -0.4 is 19.7 Å². The van der Waals surface area contributed by atoms with Crippen molar-refractivity contribution in [2.75, 3.05) is 39.3 Å². The second kappa shape index (κ2) is 14.0. The van der Waals surface area contributed by atoms with Gasteiger partial charge in [0.2, 0.25) is 0 Å². The van der Waals surface area contributed by atoms with Crippen molar-refractivity contribution < 1.29 is 19.0 Å². The lowest BCUT2D eigenvalue weighted by molar-refractivity contribution is -0.139. The number of carbonyl (C=O) groups excluding carboxylic acids is 1. The molecule has 2 aromatic heterocycles. The summed E-state index contributed by atoms with van der Waals surface area (Å²) >= 11 is 0. The molecule has 2 heterocycles. The van der Waals surface area contributed by atoms with Crippen LogP contribution in [0.4, 0.5) is 11.4 Å². The maximum absolute atomic E-state index is 11.5. The zero-order valence-corrected chi connectivity index (χ0v) is 25.8. The Hall–Kier alpha value is -4.96. The summed E-state index contributed by atoms with van der Waals surface area (Å²) in [4.78, 5) is 23.4. The quantitative estimate of drug-likeness (QED) is 0.179. The van der Waals surface area contributed by atoms with Gasteiger partial charge in [-0.05, 0) is 29.3 Å². The predicted octanol–water partition coefficient (Wildman–Crippen LogP) is 5.41. The number of nitrogens with zero attached hydrogens (tertiary/aromatic N) is 5. The van der Waals surface area contributed by atoms with Crippen LogP contribution in [0.25, 0.3) is 22.3 Å². The number of nitrogens with one attached hydrogen (secondary N) is 1. The summed E-state index contributed by atoms with van der Waals surface area (Å²) in [5.74, 6) is 1.19. The molecule has 0 saturated heterocycles. The summed E-state index contributed by atoms with van der Waals surface area (Å²) in [6, 6.07) is 20.2. The van der Waals surface area contributed by atoms with E-state index in [1.54, 1.807) is 26.6 Å². The van der Waals surface area contributed by atoms with Crippen LogP contribution in [0.3, 0.4) is 0 Å². The highest BCUT2D eigenvalue weighted by Crippen LogP contribution is 2.34. The van der Waals surface area contributed by atoms with E-state index in [4.69, 9.17) is 24.2 Å². The molecule has 0 radical (unpaired) electrons. The van der Waals surface area contributed by atoms with Gasteiger partial charge in [0, 0.05) is 60.5 Å². The molecule has 0 aliphatic heterocycles. The van der Waals surface area contributed by atoms with Crippen LogP contribution in [-0.4, -0.2) is 66.2 Å². The van der Waals surface area contributed by atoms with Gasteiger partial charge in [0.15, 0.2) is 0 Å². The van der Waals surface area contributed by atoms with E-state index in [2.05, 4.69) is 41.3 Å². The second-order valence-electron chi connectivity index (χ2n) is 10.8. The van der Waals surface area contributed by atoms with Crippen LogP contribution >= 0.6 is 0 Å². The molecule has 0 amide bonds. The largest absolute Gasteiger partial charge is 0.497 e. The van der Waals surface area contributed by atoms with Crippen LogP contribution in [-0.2, 0) is 22.5 Å². The molecule has 1 N–H and O–H groups in total. The van der Waals surface area contributed by atoms with Gasteiger partial charge >= 0.3 is 5.97 Å². The van der Waals surface area contributed by atoms with Gasteiger partial charge < -0.3 is 24.4 Å². The third kappa shape index (κ3) is 7.51. The molecule has 0 aliphatic carbocycles. The van der Waals surface area contributed by atoms with E-state index in [1.165, 1.54) is 7.11 Å². The fourth-order valence-corrected chi connectivity index (χ4v) is 4.90. The van der Waals surface area contributed by atoms with Crippen molar-refractivity contribution >= 4 is 28.4 Å². The van der Waals surface area contributed by atoms with E-state index in [9.17, 15) is 4.79 Å². The molecule has 10 heteroatoms. The van der Waals surface area contributed by atoms with Crippen LogP contribution in [0, 0.1) is 0 Å². The zero-order chi connectivity index (χ0) is 31.1. The second-order valence-corrected chi connectivity index (χ2v) is 10.8. The van der Waals surface area contributed by atoms with E-state index in [1.807, 2.05) is 59.4 Å². The Labute approximate surface area is 257 Å². The molecule has 5 rings (SSSR count). The molecule has 5 aromatic rings. The molecule has 0 fully saturated rings. The molecule has 0 atom stereocenters. The molecule has 0 spiro atoms. The summed E-state index contributed by atoms with van der Waals surface area (Å²) in [5.41, 5.74) is 7.13. The Kier molecular flexibility index (Phi) is 9.71. The maximum Gasteiger partial charge on any atom is 0.309 e. The first-order chi connectivity index (χ1) is 21.3. The lowest BCUT2D eigenvalue weighted by Crippen LogP contribution is -2.32. The highest BCUT2D eigenvalue weighted by molar-refractivity contribution is 5.82. The van der Waals surface area contributed by atoms with Gasteiger partial charge in [-0.25, -0.2) is 4.98 Å². The van der Waals surface area contributed by atoms with Gasteiger partial charge in [0.25, 0.3) is 0 Å². The fraction of sp³-hybridized carbons (Fsp3) is 0.294. The van der Waals surface area contributed by atoms with Crippen molar-refractivity contribution in [3.63, 3.8) is 0 Å². The number of aromatic nitrogens is 4. The fourth-order valence-electron chi connectivity index (χ4n) is 4.90. The number of rotatable bonds is 13. The van der Waals surface area contributed by atoms with Gasteiger partial charge in [-0.2, -0.15) is 5.10 Å². The van der Waals surface area contributed by atoms with Crippen molar-refractivity contribution in [3.8, 4) is 22.8 Å². The van der Waals surface area contributed by atoms with Crippen LogP contribution in [0.5, 0.6) is 11.5 Å². The van der Waals surface area contributed by atoms with Gasteiger partial charge in [-0.3, -0.25) is 14.5 Å². The number of benzene rings is 3. The highest BCUT2D eigenvalue weighted by Gasteiger charge is 2.15. The molecule has 10 nitrogen and oxygen atoms in total. The third-order valence-corrected chi connectivity index (χ3v) is 7.25. The van der Waals surface area contributed by atoms with E-state index in [0.29, 0.717) is 12.6 Å². The molecule has 0 bridgehead atoms. The lowest BCUT2D eigenvalue weighted by atomic mass is 10.1. The van der Waals surface area contributed by atoms with Gasteiger partial charge in [0.1, 0.15) is 11.5 Å². The number of ether oxygens (including phenoxy) is 3. The topological polar surface area (TPSA) is 104 Å². The third-order valence-electron chi connectivity index (χ3n) is 7.25. The average molecular weight is 595 g/mol. The Balaban J connectivity index is 1.40. The number of esters is 1. The van der Waals surface area contributed by atoms with Crippen molar-refractivity contribution in [1.82, 2.24) is 25.1 Å². The van der Waals surface area contributed by atoms with E-state index in [0.717, 1.165) is 69.4 Å². The van der Waals surface area contributed by atoms with Crippen molar-refractivity contribution in [2.24, 2.45) is 0 Å². The predicted molar refractivity (Wildman–Crippen MR) is 172 cm³/mol.